The van der Waals surface area contributed by atoms with Crippen molar-refractivity contribution in [1.82, 2.24) is 14.7 Å². The number of hydrogen-bond acceptors (Lipinski definition) is 5. The molecule has 1 aromatic heterocycles. The minimum Gasteiger partial charge on any atom is -0.358 e. The third kappa shape index (κ3) is 5.01. The summed E-state index contributed by atoms with van der Waals surface area (Å²) in [6.45, 7) is 0.791. The van der Waals surface area contributed by atoms with Crippen LogP contribution in [0.25, 0.3) is 0 Å². The summed E-state index contributed by atoms with van der Waals surface area (Å²) in [6.07, 6.45) is 5.61. The third-order valence-electron chi connectivity index (χ3n) is 6.39. The molecule has 2 aliphatic carbocycles. The number of nitrogens with one attached hydrogen (secondary N) is 2. The molecule has 0 bridgehead atoms. The van der Waals surface area contributed by atoms with Crippen molar-refractivity contribution in [3.63, 3.8) is 0 Å². The molecular formula is C23H23Cl3N4S. The standard InChI is InChI=1S/C23H23Cl3N4S/c24-16-4-1-14(2-5-16)7-21-29-22(31-30-21)28-19-11-23(12-19)9-18(10-23)27-13-15-3-6-17(25)8-20(15)26/h1-6,8,18-19,27H,7,9-13H2,(H,28,29,30). The quantitative estimate of drug-likeness (QED) is 0.389. The van der Waals surface area contributed by atoms with E-state index in [2.05, 4.69) is 20.0 Å². The molecule has 162 valence electrons. The maximum absolute atomic E-state index is 6.27. The van der Waals surface area contributed by atoms with Crippen LogP contribution in [0.15, 0.2) is 42.5 Å². The highest BCUT2D eigenvalue weighted by Gasteiger charge is 2.52. The van der Waals surface area contributed by atoms with Crippen LogP contribution in [0.2, 0.25) is 15.1 Å². The van der Waals surface area contributed by atoms with E-state index in [1.54, 1.807) is 6.07 Å². The zero-order chi connectivity index (χ0) is 21.4. The second-order valence-electron chi connectivity index (χ2n) is 8.79. The lowest BCUT2D eigenvalue weighted by Crippen LogP contribution is -2.58. The first-order valence-electron chi connectivity index (χ1n) is 10.5. The van der Waals surface area contributed by atoms with Crippen LogP contribution in [0.1, 0.15) is 42.6 Å². The van der Waals surface area contributed by atoms with E-state index in [9.17, 15) is 0 Å². The molecule has 2 fully saturated rings. The summed E-state index contributed by atoms with van der Waals surface area (Å²) in [5.41, 5.74) is 2.77. The van der Waals surface area contributed by atoms with Crippen molar-refractivity contribution in [1.29, 1.82) is 0 Å². The molecule has 0 aliphatic heterocycles. The molecule has 5 rings (SSSR count). The lowest BCUT2D eigenvalue weighted by molar-refractivity contribution is -0.0125. The number of anilines is 1. The van der Waals surface area contributed by atoms with E-state index in [1.807, 2.05) is 36.4 Å². The molecule has 1 heterocycles. The second-order valence-corrected chi connectivity index (χ2v) is 10.8. The van der Waals surface area contributed by atoms with Gasteiger partial charge in [0.25, 0.3) is 0 Å². The Labute approximate surface area is 201 Å². The lowest BCUT2D eigenvalue weighted by atomic mass is 9.52. The van der Waals surface area contributed by atoms with E-state index in [-0.39, 0.29) is 0 Å². The number of halogens is 3. The summed E-state index contributed by atoms with van der Waals surface area (Å²) < 4.78 is 4.50. The van der Waals surface area contributed by atoms with Crippen LogP contribution in [-0.4, -0.2) is 21.4 Å². The van der Waals surface area contributed by atoms with Crippen LogP contribution in [0, 0.1) is 5.41 Å². The molecule has 2 aromatic carbocycles. The first kappa shape index (κ1) is 21.5. The van der Waals surface area contributed by atoms with E-state index < -0.39 is 0 Å². The lowest BCUT2D eigenvalue weighted by Gasteiger charge is -2.58. The van der Waals surface area contributed by atoms with E-state index in [0.29, 0.717) is 22.5 Å². The van der Waals surface area contributed by atoms with Crippen molar-refractivity contribution in [2.45, 2.75) is 50.7 Å². The van der Waals surface area contributed by atoms with Crippen molar-refractivity contribution in [3.8, 4) is 0 Å². The fourth-order valence-corrected chi connectivity index (χ4v) is 6.08. The SMILES string of the molecule is Clc1ccc(Cc2nsc(NC3CC4(CC(NCc5ccc(Cl)cc5Cl)C4)C3)n2)cc1. The van der Waals surface area contributed by atoms with Crippen molar-refractivity contribution < 1.29 is 0 Å². The number of hydrogen-bond donors (Lipinski definition) is 2. The Balaban J connectivity index is 1.05. The van der Waals surface area contributed by atoms with Crippen LogP contribution in [0.4, 0.5) is 5.13 Å². The molecule has 2 N–H and O–H groups in total. The largest absolute Gasteiger partial charge is 0.358 e. The molecule has 2 aliphatic rings. The van der Waals surface area contributed by atoms with Gasteiger partial charge in [-0.2, -0.15) is 4.37 Å². The van der Waals surface area contributed by atoms with Crippen LogP contribution in [0.5, 0.6) is 0 Å². The highest BCUT2D eigenvalue weighted by molar-refractivity contribution is 7.09. The molecule has 31 heavy (non-hydrogen) atoms. The Bertz CT molecular complexity index is 1050. The summed E-state index contributed by atoms with van der Waals surface area (Å²) in [6, 6.07) is 14.6. The van der Waals surface area contributed by atoms with Crippen LogP contribution >= 0.6 is 46.3 Å². The van der Waals surface area contributed by atoms with Crippen molar-refractivity contribution in [3.05, 3.63) is 74.5 Å². The number of rotatable bonds is 7. The van der Waals surface area contributed by atoms with Gasteiger partial charge in [0.15, 0.2) is 0 Å². The van der Waals surface area contributed by atoms with Gasteiger partial charge in [-0.3, -0.25) is 0 Å². The van der Waals surface area contributed by atoms with Gasteiger partial charge in [0.05, 0.1) is 0 Å². The molecule has 8 heteroatoms. The van der Waals surface area contributed by atoms with E-state index in [0.717, 1.165) is 39.5 Å². The van der Waals surface area contributed by atoms with Gasteiger partial charge in [-0.15, -0.1) is 0 Å². The summed E-state index contributed by atoms with van der Waals surface area (Å²) in [4.78, 5) is 4.66. The number of benzene rings is 2. The summed E-state index contributed by atoms with van der Waals surface area (Å²) in [5.74, 6) is 0.859. The maximum Gasteiger partial charge on any atom is 0.202 e. The normalized spacial score (nSPS) is 24.6. The van der Waals surface area contributed by atoms with Gasteiger partial charge >= 0.3 is 0 Å². The van der Waals surface area contributed by atoms with E-state index >= 15 is 0 Å². The average molecular weight is 494 g/mol. The van der Waals surface area contributed by atoms with E-state index in [1.165, 1.54) is 42.8 Å². The van der Waals surface area contributed by atoms with Gasteiger partial charge < -0.3 is 10.6 Å². The topological polar surface area (TPSA) is 49.8 Å². The Morgan fingerprint density at radius 2 is 1.65 bits per heavy atom. The maximum atomic E-state index is 6.27. The molecule has 4 nitrogen and oxygen atoms in total. The number of nitrogens with zero attached hydrogens (tertiary/aromatic N) is 2. The monoisotopic (exact) mass is 492 g/mol. The Morgan fingerprint density at radius 3 is 2.39 bits per heavy atom. The predicted octanol–water partition coefficient (Wildman–Crippen LogP) is 6.60. The minimum absolute atomic E-state index is 0.496. The zero-order valence-corrected chi connectivity index (χ0v) is 20.0. The fraction of sp³-hybridized carbons (Fsp3) is 0.391. The molecule has 0 atom stereocenters. The van der Waals surface area contributed by atoms with Gasteiger partial charge in [-0.05, 0) is 66.5 Å². The van der Waals surface area contributed by atoms with Gasteiger partial charge in [-0.1, -0.05) is 53.0 Å². The molecule has 0 unspecified atom stereocenters. The van der Waals surface area contributed by atoms with Crippen LogP contribution in [0.3, 0.4) is 0 Å². The predicted molar refractivity (Wildman–Crippen MR) is 130 cm³/mol. The van der Waals surface area contributed by atoms with Crippen molar-refractivity contribution in [2.24, 2.45) is 5.41 Å². The first-order valence-corrected chi connectivity index (χ1v) is 12.4. The third-order valence-corrected chi connectivity index (χ3v) is 7.91. The summed E-state index contributed by atoms with van der Waals surface area (Å²) in [7, 11) is 0. The van der Waals surface area contributed by atoms with Crippen LogP contribution < -0.4 is 10.6 Å². The second kappa shape index (κ2) is 8.87. The zero-order valence-electron chi connectivity index (χ0n) is 16.9. The molecule has 0 radical (unpaired) electrons. The fourth-order valence-electron chi connectivity index (χ4n) is 4.81. The Kier molecular flexibility index (Phi) is 6.15. The Morgan fingerprint density at radius 1 is 0.935 bits per heavy atom. The highest BCUT2D eigenvalue weighted by atomic mass is 35.5. The average Bonchev–Trinajstić information content (AvgIpc) is 3.12. The number of aromatic nitrogens is 2. The minimum atomic E-state index is 0.496. The van der Waals surface area contributed by atoms with E-state index in [4.69, 9.17) is 34.8 Å². The van der Waals surface area contributed by atoms with Crippen molar-refractivity contribution in [2.75, 3.05) is 5.32 Å². The molecule has 2 saturated carbocycles. The molecule has 1 spiro atoms. The highest BCUT2D eigenvalue weighted by Crippen LogP contribution is 2.56. The molecule has 0 amide bonds. The summed E-state index contributed by atoms with van der Waals surface area (Å²) in [5, 5.41) is 10.3. The van der Waals surface area contributed by atoms with Crippen LogP contribution in [-0.2, 0) is 13.0 Å². The van der Waals surface area contributed by atoms with Gasteiger partial charge in [-0.25, -0.2) is 4.98 Å². The van der Waals surface area contributed by atoms with Gasteiger partial charge in [0, 0.05) is 51.6 Å². The molecule has 0 saturated heterocycles. The molecule has 3 aromatic rings. The molecular weight excluding hydrogens is 471 g/mol. The Hall–Kier alpha value is -1.37. The van der Waals surface area contributed by atoms with Crippen molar-refractivity contribution >= 4 is 51.5 Å². The first-order chi connectivity index (χ1) is 15.0. The van der Waals surface area contributed by atoms with Gasteiger partial charge in [0.1, 0.15) is 5.82 Å². The van der Waals surface area contributed by atoms with Gasteiger partial charge in [0.2, 0.25) is 5.13 Å². The summed E-state index contributed by atoms with van der Waals surface area (Å²) >= 11 is 19.6. The smallest absolute Gasteiger partial charge is 0.202 e.